The molecule has 0 aliphatic carbocycles. The number of hydrogen-bond acceptors (Lipinski definition) is 6. The Balaban J connectivity index is 1.69. The summed E-state index contributed by atoms with van der Waals surface area (Å²) in [7, 11) is 0. The fourth-order valence-corrected chi connectivity index (χ4v) is 3.29. The first kappa shape index (κ1) is 19.5. The first-order valence-corrected chi connectivity index (χ1v) is 9.55. The molecule has 0 radical (unpaired) electrons. The topological polar surface area (TPSA) is 89.8 Å². The van der Waals surface area contributed by atoms with Crippen molar-refractivity contribution < 1.29 is 9.59 Å². The van der Waals surface area contributed by atoms with E-state index in [9.17, 15) is 9.59 Å². The van der Waals surface area contributed by atoms with E-state index in [1.54, 1.807) is 42.7 Å². The molecule has 2 aromatic heterocycles. The van der Waals surface area contributed by atoms with Crippen LogP contribution in [0.15, 0.2) is 66.6 Å². The first-order valence-electron chi connectivity index (χ1n) is 8.56. The number of thioether (sulfide) groups is 1. The van der Waals surface area contributed by atoms with Crippen LogP contribution in [-0.4, -0.2) is 37.2 Å². The summed E-state index contributed by atoms with van der Waals surface area (Å²) in [6, 6.07) is 10.6. The van der Waals surface area contributed by atoms with Gasteiger partial charge in [-0.1, -0.05) is 30.0 Å². The van der Waals surface area contributed by atoms with Gasteiger partial charge in [0.2, 0.25) is 5.91 Å². The summed E-state index contributed by atoms with van der Waals surface area (Å²) >= 11 is 1.29. The van der Waals surface area contributed by atoms with Crippen LogP contribution >= 0.6 is 11.8 Å². The maximum atomic E-state index is 12.3. The highest BCUT2D eigenvalue weighted by Crippen LogP contribution is 2.24. The molecule has 8 heteroatoms. The maximum absolute atomic E-state index is 12.3. The van der Waals surface area contributed by atoms with Gasteiger partial charge >= 0.3 is 0 Å². The lowest BCUT2D eigenvalue weighted by molar-refractivity contribution is -0.113. The average Bonchev–Trinajstić information content (AvgIpc) is 3.10. The number of benzene rings is 1. The maximum Gasteiger partial charge on any atom is 0.234 e. The van der Waals surface area contributed by atoms with E-state index in [2.05, 4.69) is 27.1 Å². The van der Waals surface area contributed by atoms with Gasteiger partial charge in [0.05, 0.1) is 5.75 Å². The van der Waals surface area contributed by atoms with E-state index in [1.165, 1.54) is 18.7 Å². The molecule has 0 saturated heterocycles. The molecule has 3 aromatic rings. The van der Waals surface area contributed by atoms with Gasteiger partial charge in [0.25, 0.3) is 0 Å². The highest BCUT2D eigenvalue weighted by molar-refractivity contribution is 7.99. The Morgan fingerprint density at radius 2 is 2.00 bits per heavy atom. The number of rotatable bonds is 8. The monoisotopic (exact) mass is 393 g/mol. The van der Waals surface area contributed by atoms with Crippen molar-refractivity contribution in [3.05, 3.63) is 67.0 Å². The Morgan fingerprint density at radius 1 is 1.21 bits per heavy atom. The van der Waals surface area contributed by atoms with Crippen LogP contribution in [0.25, 0.3) is 11.4 Å². The number of amides is 1. The molecule has 28 heavy (non-hydrogen) atoms. The lowest BCUT2D eigenvalue weighted by Crippen LogP contribution is -2.15. The molecule has 2 heterocycles. The third kappa shape index (κ3) is 4.72. The summed E-state index contributed by atoms with van der Waals surface area (Å²) in [5, 5.41) is 11.9. The van der Waals surface area contributed by atoms with Gasteiger partial charge in [-0.15, -0.1) is 16.8 Å². The molecule has 0 atom stereocenters. The highest BCUT2D eigenvalue weighted by Gasteiger charge is 2.15. The van der Waals surface area contributed by atoms with Crippen molar-refractivity contribution in [2.24, 2.45) is 0 Å². The number of ketones is 1. The van der Waals surface area contributed by atoms with Crippen LogP contribution in [0.5, 0.6) is 0 Å². The lowest BCUT2D eigenvalue weighted by Gasteiger charge is -2.08. The van der Waals surface area contributed by atoms with Crippen molar-refractivity contribution in [1.29, 1.82) is 0 Å². The predicted molar refractivity (Wildman–Crippen MR) is 109 cm³/mol. The summed E-state index contributed by atoms with van der Waals surface area (Å²) in [5.41, 5.74) is 2.03. The molecular formula is C20H19N5O2S. The van der Waals surface area contributed by atoms with Gasteiger partial charge in [-0.05, 0) is 31.2 Å². The minimum Gasteiger partial charge on any atom is -0.325 e. The van der Waals surface area contributed by atoms with Crippen molar-refractivity contribution in [3.8, 4) is 11.4 Å². The van der Waals surface area contributed by atoms with E-state index in [0.29, 0.717) is 28.8 Å². The van der Waals surface area contributed by atoms with E-state index >= 15 is 0 Å². The number of Topliss-reactive ketones (excluding diaryl/α,β-unsaturated/α-hetero) is 1. The highest BCUT2D eigenvalue weighted by atomic mass is 32.2. The second kappa shape index (κ2) is 9.09. The molecule has 0 fully saturated rings. The van der Waals surface area contributed by atoms with Gasteiger partial charge in [-0.3, -0.25) is 19.1 Å². The Labute approximate surface area is 166 Å². The van der Waals surface area contributed by atoms with Gasteiger partial charge < -0.3 is 5.32 Å². The molecule has 0 unspecified atom stereocenters. The minimum atomic E-state index is -0.190. The summed E-state index contributed by atoms with van der Waals surface area (Å²) in [6.07, 6.45) is 5.14. The predicted octanol–water partition coefficient (Wildman–Crippen LogP) is 3.46. The standard InChI is InChI=1S/C20H19N5O2S/c1-3-11-25-19(15-7-9-21-10-8-15)23-24-20(25)28-13-18(27)22-17-6-4-5-16(12-17)14(2)26/h3-10,12H,1,11,13H2,2H3,(H,22,27). The molecule has 3 rings (SSSR count). The number of aromatic nitrogens is 4. The molecule has 0 aliphatic rings. The molecule has 0 saturated carbocycles. The van der Waals surface area contributed by atoms with Crippen molar-refractivity contribution in [2.45, 2.75) is 18.6 Å². The Kier molecular flexibility index (Phi) is 6.33. The summed E-state index contributed by atoms with van der Waals surface area (Å²) in [5.74, 6) is 0.617. The van der Waals surface area contributed by atoms with E-state index in [0.717, 1.165) is 5.56 Å². The van der Waals surface area contributed by atoms with Gasteiger partial charge in [-0.25, -0.2) is 0 Å². The van der Waals surface area contributed by atoms with Crippen molar-refractivity contribution in [3.63, 3.8) is 0 Å². The number of anilines is 1. The normalized spacial score (nSPS) is 10.5. The molecule has 1 N–H and O–H groups in total. The van der Waals surface area contributed by atoms with Crippen molar-refractivity contribution in [1.82, 2.24) is 19.7 Å². The number of nitrogens with zero attached hydrogens (tertiary/aromatic N) is 4. The van der Waals surface area contributed by atoms with Gasteiger partial charge in [-0.2, -0.15) is 0 Å². The summed E-state index contributed by atoms with van der Waals surface area (Å²) in [6.45, 7) is 5.79. The van der Waals surface area contributed by atoms with Crippen molar-refractivity contribution >= 4 is 29.1 Å². The molecular weight excluding hydrogens is 374 g/mol. The zero-order valence-corrected chi connectivity index (χ0v) is 16.1. The quantitative estimate of drug-likeness (QED) is 0.358. The number of hydrogen-bond donors (Lipinski definition) is 1. The fourth-order valence-electron chi connectivity index (χ4n) is 2.55. The Hall–Kier alpha value is -3.26. The molecule has 0 bridgehead atoms. The molecule has 0 spiro atoms. The molecule has 7 nitrogen and oxygen atoms in total. The minimum absolute atomic E-state index is 0.0494. The van der Waals surface area contributed by atoms with Crippen LogP contribution in [0.3, 0.4) is 0 Å². The number of carbonyl (C=O) groups is 2. The van der Waals surface area contributed by atoms with E-state index in [4.69, 9.17) is 0 Å². The third-order valence-electron chi connectivity index (χ3n) is 3.85. The smallest absolute Gasteiger partial charge is 0.234 e. The fraction of sp³-hybridized carbons (Fsp3) is 0.150. The van der Waals surface area contributed by atoms with Crippen molar-refractivity contribution in [2.75, 3.05) is 11.1 Å². The lowest BCUT2D eigenvalue weighted by atomic mass is 10.1. The SMILES string of the molecule is C=CCn1c(SCC(=O)Nc2cccc(C(C)=O)c2)nnc1-c1ccncc1. The van der Waals surface area contributed by atoms with Gasteiger partial charge in [0, 0.05) is 35.8 Å². The summed E-state index contributed by atoms with van der Waals surface area (Å²) < 4.78 is 1.90. The largest absolute Gasteiger partial charge is 0.325 e. The number of nitrogens with one attached hydrogen (secondary N) is 1. The number of pyridine rings is 1. The number of carbonyl (C=O) groups excluding carboxylic acids is 2. The number of allylic oxidation sites excluding steroid dienone is 1. The zero-order valence-electron chi connectivity index (χ0n) is 15.3. The van der Waals surface area contributed by atoms with Crippen LogP contribution < -0.4 is 5.32 Å². The second-order valence-electron chi connectivity index (χ2n) is 5.92. The van der Waals surface area contributed by atoms with Crippen LogP contribution in [0.1, 0.15) is 17.3 Å². The van der Waals surface area contributed by atoms with E-state index in [1.807, 2.05) is 16.7 Å². The second-order valence-corrected chi connectivity index (χ2v) is 6.86. The van der Waals surface area contributed by atoms with E-state index in [-0.39, 0.29) is 17.4 Å². The average molecular weight is 393 g/mol. The molecule has 142 valence electrons. The third-order valence-corrected chi connectivity index (χ3v) is 4.82. The van der Waals surface area contributed by atoms with E-state index < -0.39 is 0 Å². The van der Waals surface area contributed by atoms with Crippen LogP contribution in [0.4, 0.5) is 5.69 Å². The van der Waals surface area contributed by atoms with Gasteiger partial charge in [0.15, 0.2) is 16.8 Å². The molecule has 0 aliphatic heterocycles. The molecule has 1 aromatic carbocycles. The Morgan fingerprint density at radius 3 is 2.71 bits per heavy atom. The molecule has 1 amide bonds. The van der Waals surface area contributed by atoms with Crippen LogP contribution in [-0.2, 0) is 11.3 Å². The Bertz CT molecular complexity index is 1000. The zero-order chi connectivity index (χ0) is 19.9. The van der Waals surface area contributed by atoms with Crippen LogP contribution in [0.2, 0.25) is 0 Å². The first-order chi connectivity index (χ1) is 13.6. The van der Waals surface area contributed by atoms with Gasteiger partial charge in [0.1, 0.15) is 0 Å². The van der Waals surface area contributed by atoms with Crippen LogP contribution in [0, 0.1) is 0 Å². The summed E-state index contributed by atoms with van der Waals surface area (Å²) in [4.78, 5) is 27.8.